The monoisotopic (exact) mass is 328 g/mol. The average Bonchev–Trinajstić information content (AvgIpc) is 2.88. The molecule has 1 amide bonds. The van der Waals surface area contributed by atoms with Gasteiger partial charge in [-0.3, -0.25) is 4.79 Å². The van der Waals surface area contributed by atoms with Gasteiger partial charge in [-0.2, -0.15) is 0 Å². The lowest BCUT2D eigenvalue weighted by molar-refractivity contribution is -0.116. The van der Waals surface area contributed by atoms with Gasteiger partial charge in [0.25, 0.3) is 0 Å². The van der Waals surface area contributed by atoms with Crippen LogP contribution < -0.4 is 5.32 Å². The van der Waals surface area contributed by atoms with Crippen LogP contribution in [-0.4, -0.2) is 26.0 Å². The molecule has 0 aliphatic rings. The van der Waals surface area contributed by atoms with Crippen LogP contribution in [0.25, 0.3) is 0 Å². The number of hydrogen-bond acceptors (Lipinski definition) is 4. The molecule has 8 heteroatoms. The normalized spacial score (nSPS) is 12.2. The second-order valence-electron chi connectivity index (χ2n) is 4.62. The number of aliphatic hydroxyl groups excluding tert-OH is 1. The van der Waals surface area contributed by atoms with E-state index in [1.807, 2.05) is 6.92 Å². The van der Waals surface area contributed by atoms with Gasteiger partial charge in [0.1, 0.15) is 12.2 Å². The highest BCUT2D eigenvalue weighted by Gasteiger charge is 2.13. The second kappa shape index (κ2) is 6.43. The number of aromatic nitrogens is 3. The average molecular weight is 329 g/mol. The van der Waals surface area contributed by atoms with E-state index in [0.717, 1.165) is 5.56 Å². The number of halogens is 2. The molecule has 6 nitrogen and oxygen atoms in total. The predicted octanol–water partition coefficient (Wildman–Crippen LogP) is 2.59. The van der Waals surface area contributed by atoms with Crippen molar-refractivity contribution in [3.8, 4) is 0 Å². The fourth-order valence-electron chi connectivity index (χ4n) is 1.68. The first kappa shape index (κ1) is 15.8. The van der Waals surface area contributed by atoms with E-state index in [-0.39, 0.29) is 12.5 Å². The van der Waals surface area contributed by atoms with Crippen LogP contribution in [0.1, 0.15) is 24.3 Å². The summed E-state index contributed by atoms with van der Waals surface area (Å²) in [6, 6.07) is 3.44. The summed E-state index contributed by atoms with van der Waals surface area (Å²) >= 11 is 12.2. The van der Waals surface area contributed by atoms with Gasteiger partial charge in [0, 0.05) is 0 Å². The summed E-state index contributed by atoms with van der Waals surface area (Å²) < 4.78 is 1.33. The summed E-state index contributed by atoms with van der Waals surface area (Å²) in [4.78, 5) is 12.0. The number of nitrogens with zero attached hydrogens (tertiary/aromatic N) is 3. The molecular formula is C13H14Cl2N4O2. The van der Waals surface area contributed by atoms with Crippen LogP contribution in [-0.2, 0) is 11.3 Å². The maximum Gasteiger partial charge on any atom is 0.246 e. The summed E-state index contributed by atoms with van der Waals surface area (Å²) in [5.41, 5.74) is 1.59. The zero-order valence-corrected chi connectivity index (χ0v) is 13.0. The Kier molecular flexibility index (Phi) is 4.82. The quantitative estimate of drug-likeness (QED) is 0.903. The molecular weight excluding hydrogens is 315 g/mol. The molecule has 1 atom stereocenters. The number of nitrogens with one attached hydrogen (secondary N) is 1. The van der Waals surface area contributed by atoms with E-state index in [1.165, 1.54) is 10.9 Å². The molecule has 112 valence electrons. The number of benzene rings is 1. The molecule has 0 spiro atoms. The lowest BCUT2D eigenvalue weighted by atomic mass is 10.2. The highest BCUT2D eigenvalue weighted by Crippen LogP contribution is 2.32. The van der Waals surface area contributed by atoms with Gasteiger partial charge in [0.2, 0.25) is 5.91 Å². The van der Waals surface area contributed by atoms with Crippen molar-refractivity contribution in [2.75, 3.05) is 5.32 Å². The first-order valence-electron chi connectivity index (χ1n) is 6.21. The number of amides is 1. The molecule has 2 aromatic rings. The van der Waals surface area contributed by atoms with Crippen molar-refractivity contribution in [2.24, 2.45) is 0 Å². The standard InChI is InChI=1S/C13H14Cl2N4O2/c1-7-3-4-9(14)13(12(7)15)16-11(21)6-19-5-10(8(2)20)17-18-19/h3-5,8,20H,6H2,1-2H3,(H,16,21). The largest absolute Gasteiger partial charge is 0.387 e. The van der Waals surface area contributed by atoms with E-state index in [2.05, 4.69) is 15.6 Å². The molecule has 1 aromatic heterocycles. The maximum absolute atomic E-state index is 12.0. The second-order valence-corrected chi connectivity index (χ2v) is 5.40. The van der Waals surface area contributed by atoms with E-state index in [4.69, 9.17) is 23.2 Å². The number of carbonyl (C=O) groups excluding carboxylic acids is 1. The molecule has 2 rings (SSSR count). The third-order valence-electron chi connectivity index (χ3n) is 2.84. The molecule has 0 saturated heterocycles. The summed E-state index contributed by atoms with van der Waals surface area (Å²) in [7, 11) is 0. The van der Waals surface area contributed by atoms with Gasteiger partial charge < -0.3 is 10.4 Å². The van der Waals surface area contributed by atoms with Crippen LogP contribution in [0.3, 0.4) is 0 Å². The Hall–Kier alpha value is -1.63. The third-order valence-corrected chi connectivity index (χ3v) is 3.64. The zero-order chi connectivity index (χ0) is 15.6. The number of hydrogen-bond donors (Lipinski definition) is 2. The highest BCUT2D eigenvalue weighted by molar-refractivity contribution is 6.40. The Morgan fingerprint density at radius 1 is 1.48 bits per heavy atom. The van der Waals surface area contributed by atoms with E-state index in [0.29, 0.717) is 21.4 Å². The van der Waals surface area contributed by atoms with Crippen molar-refractivity contribution in [1.82, 2.24) is 15.0 Å². The van der Waals surface area contributed by atoms with Crippen molar-refractivity contribution in [1.29, 1.82) is 0 Å². The first-order chi connectivity index (χ1) is 9.88. The van der Waals surface area contributed by atoms with Crippen LogP contribution in [0.15, 0.2) is 18.3 Å². The molecule has 0 aliphatic heterocycles. The van der Waals surface area contributed by atoms with Crippen LogP contribution in [0.5, 0.6) is 0 Å². The van der Waals surface area contributed by atoms with Gasteiger partial charge >= 0.3 is 0 Å². The number of anilines is 1. The Bertz CT molecular complexity index is 670. The minimum absolute atomic E-state index is 0.0552. The fraction of sp³-hybridized carbons (Fsp3) is 0.308. The Balaban J connectivity index is 2.10. The van der Waals surface area contributed by atoms with E-state index >= 15 is 0 Å². The number of aryl methyl sites for hydroxylation is 1. The van der Waals surface area contributed by atoms with E-state index < -0.39 is 6.10 Å². The van der Waals surface area contributed by atoms with Gasteiger partial charge in [-0.1, -0.05) is 34.5 Å². The topological polar surface area (TPSA) is 80.0 Å². The molecule has 0 fully saturated rings. The fourth-order valence-corrected chi connectivity index (χ4v) is 2.14. The smallest absolute Gasteiger partial charge is 0.246 e. The Morgan fingerprint density at radius 3 is 2.81 bits per heavy atom. The van der Waals surface area contributed by atoms with Crippen molar-refractivity contribution < 1.29 is 9.90 Å². The van der Waals surface area contributed by atoms with Crippen LogP contribution in [0, 0.1) is 6.92 Å². The van der Waals surface area contributed by atoms with E-state index in [9.17, 15) is 9.90 Å². The van der Waals surface area contributed by atoms with E-state index in [1.54, 1.807) is 19.1 Å². The minimum atomic E-state index is -0.734. The minimum Gasteiger partial charge on any atom is -0.387 e. The van der Waals surface area contributed by atoms with Gasteiger partial charge in [-0.15, -0.1) is 5.10 Å². The highest BCUT2D eigenvalue weighted by atomic mass is 35.5. The SMILES string of the molecule is Cc1ccc(Cl)c(NC(=O)Cn2cc(C(C)O)nn2)c1Cl. The number of carbonyl (C=O) groups is 1. The first-order valence-corrected chi connectivity index (χ1v) is 6.96. The molecule has 1 unspecified atom stereocenters. The number of aliphatic hydroxyl groups is 1. The molecule has 0 aliphatic carbocycles. The van der Waals surface area contributed by atoms with Crippen LogP contribution >= 0.6 is 23.2 Å². The van der Waals surface area contributed by atoms with Gasteiger partial charge in [0.15, 0.2) is 0 Å². The van der Waals surface area contributed by atoms with Crippen molar-refractivity contribution >= 4 is 34.8 Å². The van der Waals surface area contributed by atoms with Crippen LogP contribution in [0.4, 0.5) is 5.69 Å². The summed E-state index contributed by atoms with van der Waals surface area (Å²) in [6.07, 6.45) is 0.770. The van der Waals surface area contributed by atoms with Gasteiger partial charge in [-0.25, -0.2) is 4.68 Å². The summed E-state index contributed by atoms with van der Waals surface area (Å²) in [5, 5.41) is 20.3. The predicted molar refractivity (Wildman–Crippen MR) is 80.5 cm³/mol. The summed E-state index contributed by atoms with van der Waals surface area (Å²) in [6.45, 7) is 3.34. The molecule has 0 bridgehead atoms. The Labute approximate surface area is 131 Å². The summed E-state index contributed by atoms with van der Waals surface area (Å²) in [5.74, 6) is -0.341. The molecule has 0 radical (unpaired) electrons. The molecule has 2 N–H and O–H groups in total. The lowest BCUT2D eigenvalue weighted by Crippen LogP contribution is -2.19. The van der Waals surface area contributed by atoms with Crippen molar-refractivity contribution in [3.05, 3.63) is 39.6 Å². The van der Waals surface area contributed by atoms with Gasteiger partial charge in [0.05, 0.1) is 28.0 Å². The Morgan fingerprint density at radius 2 is 2.19 bits per heavy atom. The van der Waals surface area contributed by atoms with Crippen molar-refractivity contribution in [3.63, 3.8) is 0 Å². The number of rotatable bonds is 4. The molecule has 1 heterocycles. The molecule has 21 heavy (non-hydrogen) atoms. The maximum atomic E-state index is 12.0. The van der Waals surface area contributed by atoms with Gasteiger partial charge in [-0.05, 0) is 25.5 Å². The molecule has 0 saturated carbocycles. The zero-order valence-electron chi connectivity index (χ0n) is 11.5. The third kappa shape index (κ3) is 3.72. The molecule has 1 aromatic carbocycles. The van der Waals surface area contributed by atoms with Crippen molar-refractivity contribution in [2.45, 2.75) is 26.5 Å². The lowest BCUT2D eigenvalue weighted by Gasteiger charge is -2.10. The van der Waals surface area contributed by atoms with Crippen LogP contribution in [0.2, 0.25) is 10.0 Å².